The predicted molar refractivity (Wildman–Crippen MR) is 125 cm³/mol. The van der Waals surface area contributed by atoms with Gasteiger partial charge in [0.05, 0.1) is 10.6 Å². The van der Waals surface area contributed by atoms with Crippen molar-refractivity contribution < 1.29 is 13.9 Å². The Labute approximate surface area is 198 Å². The van der Waals surface area contributed by atoms with Gasteiger partial charge in [-0.05, 0) is 55.0 Å². The molecule has 2 fully saturated rings. The van der Waals surface area contributed by atoms with Crippen molar-refractivity contribution in [1.82, 2.24) is 4.90 Å². The average Bonchev–Trinajstić information content (AvgIpc) is 3.06. The summed E-state index contributed by atoms with van der Waals surface area (Å²) in [5.74, 6) is -1.67. The van der Waals surface area contributed by atoms with Crippen molar-refractivity contribution in [1.29, 1.82) is 0 Å². The lowest BCUT2D eigenvalue weighted by Gasteiger charge is -2.44. The Morgan fingerprint density at radius 3 is 2.34 bits per heavy atom. The molecule has 2 saturated heterocycles. The molecule has 2 aromatic rings. The van der Waals surface area contributed by atoms with Crippen LogP contribution in [0.4, 0.5) is 4.39 Å². The lowest BCUT2D eigenvalue weighted by atomic mass is 9.68. The molecule has 4 rings (SSSR count). The van der Waals surface area contributed by atoms with Crippen LogP contribution in [0, 0.1) is 11.2 Å². The largest absolute Gasteiger partial charge is 0.443 e. The van der Waals surface area contributed by atoms with Gasteiger partial charge in [-0.15, -0.1) is 0 Å². The third-order valence-electron chi connectivity index (χ3n) is 6.70. The van der Waals surface area contributed by atoms with Gasteiger partial charge in [0.1, 0.15) is 11.9 Å². The zero-order valence-electron chi connectivity index (χ0n) is 19.0. The van der Waals surface area contributed by atoms with Crippen LogP contribution in [0.3, 0.4) is 0 Å². The van der Waals surface area contributed by atoms with Crippen LogP contribution in [-0.2, 0) is 15.1 Å². The third kappa shape index (κ3) is 3.63. The summed E-state index contributed by atoms with van der Waals surface area (Å²) in [6.07, 6.45) is 0.668. The van der Waals surface area contributed by atoms with E-state index in [0.717, 1.165) is 5.56 Å². The van der Waals surface area contributed by atoms with Crippen LogP contribution in [0.5, 0.6) is 0 Å². The average molecular weight is 479 g/mol. The van der Waals surface area contributed by atoms with Crippen molar-refractivity contribution in [3.05, 3.63) is 69.5 Å². The molecule has 0 bridgehead atoms. The lowest BCUT2D eigenvalue weighted by molar-refractivity contribution is -0.152. The maximum atomic E-state index is 15.4. The number of rotatable bonds is 3. The van der Waals surface area contributed by atoms with Crippen LogP contribution in [0.15, 0.2) is 42.5 Å². The summed E-state index contributed by atoms with van der Waals surface area (Å²) in [7, 11) is 0. The minimum Gasteiger partial charge on any atom is -0.443 e. The predicted octanol–water partition coefficient (Wildman–Crippen LogP) is 5.85. The molecule has 2 N–H and O–H groups in total. The third-order valence-corrected chi connectivity index (χ3v) is 7.24. The van der Waals surface area contributed by atoms with Gasteiger partial charge in [-0.1, -0.05) is 68.2 Å². The topological polar surface area (TPSA) is 55.6 Å². The number of nitrogens with zero attached hydrogens (tertiary/aromatic N) is 1. The molecule has 172 valence electrons. The highest BCUT2D eigenvalue weighted by atomic mass is 35.5. The molecule has 2 aliphatic rings. The minimum atomic E-state index is -1.09. The molecule has 0 spiro atoms. The number of nitrogens with two attached hydrogens (primary N) is 1. The van der Waals surface area contributed by atoms with Crippen LogP contribution in [0.2, 0.25) is 10.0 Å². The summed E-state index contributed by atoms with van der Waals surface area (Å²) >= 11 is 12.3. The van der Waals surface area contributed by atoms with Crippen LogP contribution < -0.4 is 5.73 Å². The molecule has 0 saturated carbocycles. The SMILES string of the molecule is CC(C)(C)CC1N2C(C(=O)OC2(C)C)C(c2cccc(Cl)c2F)C1(N)c1ccc(Cl)cc1. The number of cyclic esters (lactones) is 1. The molecule has 2 heterocycles. The zero-order valence-corrected chi connectivity index (χ0v) is 20.5. The Kier molecular flexibility index (Phi) is 5.65. The fourth-order valence-electron chi connectivity index (χ4n) is 5.52. The first-order valence-corrected chi connectivity index (χ1v) is 11.5. The van der Waals surface area contributed by atoms with E-state index in [9.17, 15) is 4.79 Å². The summed E-state index contributed by atoms with van der Waals surface area (Å²) in [5, 5.41) is 0.575. The standard InChI is InChI=1S/C25H29Cl2FN2O2/c1-23(2,3)13-18-25(29,14-9-11-15(26)12-10-14)19(16-7-6-8-17(27)20(16)28)21-22(31)32-24(4,5)30(18)21/h6-12,18-19,21H,13,29H2,1-5H3. The molecule has 7 heteroatoms. The van der Waals surface area contributed by atoms with Crippen molar-refractivity contribution in [2.75, 3.05) is 0 Å². The van der Waals surface area contributed by atoms with Crippen molar-refractivity contribution in [3.63, 3.8) is 0 Å². The molecule has 0 amide bonds. The number of hydrogen-bond acceptors (Lipinski definition) is 4. The number of ether oxygens (including phenoxy) is 1. The highest BCUT2D eigenvalue weighted by Crippen LogP contribution is 2.57. The first-order valence-electron chi connectivity index (χ1n) is 10.8. The number of esters is 1. The maximum absolute atomic E-state index is 15.4. The van der Waals surface area contributed by atoms with E-state index in [1.54, 1.807) is 24.3 Å². The highest BCUT2D eigenvalue weighted by Gasteiger charge is 2.68. The molecule has 0 aromatic heterocycles. The van der Waals surface area contributed by atoms with Crippen LogP contribution in [-0.4, -0.2) is 28.7 Å². The van der Waals surface area contributed by atoms with E-state index in [0.29, 0.717) is 17.0 Å². The smallest absolute Gasteiger partial charge is 0.325 e. The summed E-state index contributed by atoms with van der Waals surface area (Å²) in [4.78, 5) is 15.3. The monoisotopic (exact) mass is 478 g/mol. The van der Waals surface area contributed by atoms with Gasteiger partial charge in [-0.25, -0.2) is 9.29 Å². The Bertz CT molecular complexity index is 1050. The molecule has 0 aliphatic carbocycles. The second-order valence-electron chi connectivity index (χ2n) is 10.6. The molecule has 4 unspecified atom stereocenters. The van der Waals surface area contributed by atoms with E-state index in [-0.39, 0.29) is 16.5 Å². The first-order chi connectivity index (χ1) is 14.8. The number of fused-ring (bicyclic) bond motifs is 1. The number of carbonyl (C=O) groups excluding carboxylic acids is 1. The Hall–Kier alpha value is -1.66. The second kappa shape index (κ2) is 7.69. The van der Waals surface area contributed by atoms with Crippen molar-refractivity contribution in [2.45, 2.75) is 70.3 Å². The number of carbonyl (C=O) groups is 1. The molecule has 0 radical (unpaired) electrons. The maximum Gasteiger partial charge on any atom is 0.325 e. The Morgan fingerprint density at radius 1 is 1.12 bits per heavy atom. The molecular weight excluding hydrogens is 450 g/mol. The van der Waals surface area contributed by atoms with Crippen molar-refractivity contribution >= 4 is 29.2 Å². The quantitative estimate of drug-likeness (QED) is 0.561. The van der Waals surface area contributed by atoms with Gasteiger partial charge in [0.25, 0.3) is 0 Å². The van der Waals surface area contributed by atoms with E-state index in [1.165, 1.54) is 6.07 Å². The van der Waals surface area contributed by atoms with E-state index >= 15 is 4.39 Å². The highest BCUT2D eigenvalue weighted by molar-refractivity contribution is 6.31. The molecule has 2 aromatic carbocycles. The normalized spacial score (nSPS) is 29.8. The Morgan fingerprint density at radius 2 is 1.75 bits per heavy atom. The fourth-order valence-corrected chi connectivity index (χ4v) is 5.83. The van der Waals surface area contributed by atoms with E-state index in [2.05, 4.69) is 20.8 Å². The van der Waals surface area contributed by atoms with Gasteiger partial charge in [-0.3, -0.25) is 4.79 Å². The van der Waals surface area contributed by atoms with Gasteiger partial charge in [0, 0.05) is 17.0 Å². The van der Waals surface area contributed by atoms with Gasteiger partial charge >= 0.3 is 5.97 Å². The molecule has 4 nitrogen and oxygen atoms in total. The molecular formula is C25H29Cl2FN2O2. The number of benzene rings is 2. The summed E-state index contributed by atoms with van der Waals surface area (Å²) in [6.45, 7) is 10.1. The van der Waals surface area contributed by atoms with Gasteiger partial charge < -0.3 is 10.5 Å². The van der Waals surface area contributed by atoms with E-state index in [4.69, 9.17) is 33.7 Å². The summed E-state index contributed by atoms with van der Waals surface area (Å²) < 4.78 is 21.2. The Balaban J connectivity index is 2.03. The van der Waals surface area contributed by atoms with Crippen LogP contribution in [0.1, 0.15) is 58.1 Å². The van der Waals surface area contributed by atoms with Crippen molar-refractivity contribution in [2.24, 2.45) is 11.1 Å². The van der Waals surface area contributed by atoms with E-state index in [1.807, 2.05) is 30.9 Å². The summed E-state index contributed by atoms with van der Waals surface area (Å²) in [5.41, 5.74) is 6.36. The number of halogens is 3. The fraction of sp³-hybridized carbons (Fsp3) is 0.480. The van der Waals surface area contributed by atoms with Gasteiger partial charge in [0.15, 0.2) is 5.72 Å². The minimum absolute atomic E-state index is 0.00241. The molecule has 2 aliphatic heterocycles. The van der Waals surface area contributed by atoms with Crippen LogP contribution in [0.25, 0.3) is 0 Å². The summed E-state index contributed by atoms with van der Waals surface area (Å²) in [6, 6.07) is 11.1. The zero-order chi connectivity index (χ0) is 23.6. The van der Waals surface area contributed by atoms with Crippen molar-refractivity contribution in [3.8, 4) is 0 Å². The molecule has 4 atom stereocenters. The van der Waals surface area contributed by atoms with E-state index < -0.39 is 35.0 Å². The van der Waals surface area contributed by atoms with Crippen LogP contribution >= 0.6 is 23.2 Å². The lowest BCUT2D eigenvalue weighted by Crippen LogP contribution is -2.56. The van der Waals surface area contributed by atoms with Gasteiger partial charge in [0.2, 0.25) is 0 Å². The number of hydrogen-bond donors (Lipinski definition) is 1. The van der Waals surface area contributed by atoms with Gasteiger partial charge in [-0.2, -0.15) is 0 Å². The second-order valence-corrected chi connectivity index (χ2v) is 11.4. The molecule has 32 heavy (non-hydrogen) atoms. The first kappa shape index (κ1) is 23.5.